The molecule has 1 fully saturated rings. The summed E-state index contributed by atoms with van der Waals surface area (Å²) in [5.41, 5.74) is 0. The standard InChI is InChI=1S/C9H21N3O/c1-11(2)5-3-4-10-8-12-6-9(13)7-12/h9-10,13H,3-8H2,1-2H3. The van der Waals surface area contributed by atoms with Gasteiger partial charge in [-0.2, -0.15) is 0 Å². The van der Waals surface area contributed by atoms with Gasteiger partial charge in [0.2, 0.25) is 0 Å². The van der Waals surface area contributed by atoms with Crippen molar-refractivity contribution in [3.63, 3.8) is 0 Å². The van der Waals surface area contributed by atoms with E-state index in [1.54, 1.807) is 0 Å². The van der Waals surface area contributed by atoms with Gasteiger partial charge in [0.1, 0.15) is 0 Å². The molecule has 1 rings (SSSR count). The van der Waals surface area contributed by atoms with Crippen molar-refractivity contribution in [2.45, 2.75) is 12.5 Å². The van der Waals surface area contributed by atoms with E-state index >= 15 is 0 Å². The molecule has 0 aliphatic carbocycles. The minimum atomic E-state index is -0.0800. The van der Waals surface area contributed by atoms with Crippen LogP contribution in [-0.2, 0) is 0 Å². The predicted molar refractivity (Wildman–Crippen MR) is 53.6 cm³/mol. The fraction of sp³-hybridized carbons (Fsp3) is 1.00. The normalized spacial score (nSPS) is 19.4. The quantitative estimate of drug-likeness (QED) is 0.532. The molecule has 1 saturated heterocycles. The Labute approximate surface area is 80.5 Å². The van der Waals surface area contributed by atoms with Gasteiger partial charge in [-0.15, -0.1) is 0 Å². The molecule has 13 heavy (non-hydrogen) atoms. The molecule has 0 amide bonds. The van der Waals surface area contributed by atoms with Gasteiger partial charge in [0, 0.05) is 19.8 Å². The van der Waals surface area contributed by atoms with Crippen LogP contribution in [0.2, 0.25) is 0 Å². The number of hydrogen-bond donors (Lipinski definition) is 2. The Morgan fingerprint density at radius 1 is 1.46 bits per heavy atom. The van der Waals surface area contributed by atoms with Gasteiger partial charge in [-0.25, -0.2) is 0 Å². The maximum absolute atomic E-state index is 9.02. The summed E-state index contributed by atoms with van der Waals surface area (Å²) in [5.74, 6) is 0. The van der Waals surface area contributed by atoms with Crippen molar-refractivity contribution in [3.8, 4) is 0 Å². The number of rotatable bonds is 6. The summed E-state index contributed by atoms with van der Waals surface area (Å²) in [7, 11) is 4.18. The van der Waals surface area contributed by atoms with E-state index in [1.165, 1.54) is 6.42 Å². The minimum Gasteiger partial charge on any atom is -0.390 e. The van der Waals surface area contributed by atoms with E-state index in [9.17, 15) is 0 Å². The smallest absolute Gasteiger partial charge is 0.0794 e. The Kier molecular flexibility index (Phi) is 4.66. The lowest BCUT2D eigenvalue weighted by molar-refractivity contribution is -0.00231. The number of aliphatic hydroxyl groups is 1. The van der Waals surface area contributed by atoms with Gasteiger partial charge in [-0.1, -0.05) is 0 Å². The molecule has 2 N–H and O–H groups in total. The summed E-state index contributed by atoms with van der Waals surface area (Å²) in [6.45, 7) is 4.78. The molecule has 4 heteroatoms. The molecule has 0 aromatic rings. The number of likely N-dealkylation sites (tertiary alicyclic amines) is 1. The third-order valence-electron chi connectivity index (χ3n) is 2.23. The molecule has 1 heterocycles. The number of nitrogens with one attached hydrogen (secondary N) is 1. The van der Waals surface area contributed by atoms with E-state index in [2.05, 4.69) is 29.2 Å². The highest BCUT2D eigenvalue weighted by atomic mass is 16.3. The number of aliphatic hydroxyl groups excluding tert-OH is 1. The van der Waals surface area contributed by atoms with Gasteiger partial charge in [-0.3, -0.25) is 4.90 Å². The molecule has 0 bridgehead atoms. The van der Waals surface area contributed by atoms with E-state index in [0.717, 1.165) is 32.8 Å². The van der Waals surface area contributed by atoms with Crippen molar-refractivity contribution < 1.29 is 5.11 Å². The Balaban J connectivity index is 1.79. The second kappa shape index (κ2) is 5.54. The molecular formula is C9H21N3O. The largest absolute Gasteiger partial charge is 0.390 e. The van der Waals surface area contributed by atoms with Crippen LogP contribution in [0.1, 0.15) is 6.42 Å². The third-order valence-corrected chi connectivity index (χ3v) is 2.23. The van der Waals surface area contributed by atoms with Crippen molar-refractivity contribution in [3.05, 3.63) is 0 Å². The molecule has 0 unspecified atom stereocenters. The van der Waals surface area contributed by atoms with Gasteiger partial charge in [-0.05, 0) is 33.6 Å². The zero-order chi connectivity index (χ0) is 9.68. The van der Waals surface area contributed by atoms with Crippen LogP contribution in [0.4, 0.5) is 0 Å². The monoisotopic (exact) mass is 187 g/mol. The lowest BCUT2D eigenvalue weighted by Crippen LogP contribution is -2.53. The van der Waals surface area contributed by atoms with Gasteiger partial charge < -0.3 is 15.3 Å². The fourth-order valence-electron chi connectivity index (χ4n) is 1.43. The second-order valence-electron chi connectivity index (χ2n) is 4.00. The van der Waals surface area contributed by atoms with Crippen LogP contribution in [0.3, 0.4) is 0 Å². The molecular weight excluding hydrogens is 166 g/mol. The first-order valence-corrected chi connectivity index (χ1v) is 4.94. The molecule has 0 aromatic heterocycles. The van der Waals surface area contributed by atoms with Crippen LogP contribution in [0, 0.1) is 0 Å². The first-order chi connectivity index (χ1) is 6.18. The maximum Gasteiger partial charge on any atom is 0.0794 e. The molecule has 0 atom stereocenters. The first kappa shape index (κ1) is 10.9. The van der Waals surface area contributed by atoms with Crippen LogP contribution in [0.25, 0.3) is 0 Å². The average molecular weight is 187 g/mol. The van der Waals surface area contributed by atoms with Gasteiger partial charge in [0.25, 0.3) is 0 Å². The Morgan fingerprint density at radius 3 is 2.69 bits per heavy atom. The SMILES string of the molecule is CN(C)CCCNCN1CC(O)C1. The number of nitrogens with zero attached hydrogens (tertiary/aromatic N) is 2. The summed E-state index contributed by atoms with van der Waals surface area (Å²) in [4.78, 5) is 4.40. The van der Waals surface area contributed by atoms with Crippen molar-refractivity contribution in [2.75, 3.05) is 46.9 Å². The van der Waals surface area contributed by atoms with E-state index in [1.807, 2.05) is 0 Å². The number of β-amino-alcohol motifs (C(OH)–C–C–N with tert-alkyl or cyclic N) is 1. The number of hydrogen-bond acceptors (Lipinski definition) is 4. The molecule has 1 aliphatic heterocycles. The zero-order valence-electron chi connectivity index (χ0n) is 8.66. The Bertz CT molecular complexity index is 135. The summed E-state index contributed by atoms with van der Waals surface area (Å²) >= 11 is 0. The molecule has 1 aliphatic rings. The highest BCUT2D eigenvalue weighted by Gasteiger charge is 2.22. The van der Waals surface area contributed by atoms with Gasteiger partial charge in [0.05, 0.1) is 6.10 Å². The molecule has 0 saturated carbocycles. The first-order valence-electron chi connectivity index (χ1n) is 4.94. The Hall–Kier alpha value is -0.160. The van der Waals surface area contributed by atoms with E-state index in [-0.39, 0.29) is 6.10 Å². The fourth-order valence-corrected chi connectivity index (χ4v) is 1.43. The van der Waals surface area contributed by atoms with Crippen molar-refractivity contribution in [1.82, 2.24) is 15.1 Å². The minimum absolute atomic E-state index is 0.0800. The zero-order valence-corrected chi connectivity index (χ0v) is 8.66. The molecule has 0 aromatic carbocycles. The van der Waals surface area contributed by atoms with Crippen LogP contribution in [0.15, 0.2) is 0 Å². The second-order valence-corrected chi connectivity index (χ2v) is 4.00. The van der Waals surface area contributed by atoms with E-state index in [4.69, 9.17) is 5.11 Å². The Morgan fingerprint density at radius 2 is 2.15 bits per heavy atom. The summed E-state index contributed by atoms with van der Waals surface area (Å²) in [5, 5.41) is 12.4. The van der Waals surface area contributed by atoms with Gasteiger partial charge in [0.15, 0.2) is 0 Å². The molecule has 0 radical (unpaired) electrons. The summed E-state index contributed by atoms with van der Waals surface area (Å²) in [6.07, 6.45) is 1.10. The van der Waals surface area contributed by atoms with Crippen molar-refractivity contribution in [2.24, 2.45) is 0 Å². The lowest BCUT2D eigenvalue weighted by atomic mass is 10.2. The van der Waals surface area contributed by atoms with Crippen LogP contribution in [0.5, 0.6) is 0 Å². The average Bonchev–Trinajstić information content (AvgIpc) is 1.99. The molecule has 0 spiro atoms. The molecule has 78 valence electrons. The summed E-state index contributed by atoms with van der Waals surface area (Å²) < 4.78 is 0. The third kappa shape index (κ3) is 4.57. The van der Waals surface area contributed by atoms with Crippen LogP contribution < -0.4 is 5.32 Å². The summed E-state index contributed by atoms with van der Waals surface area (Å²) in [6, 6.07) is 0. The van der Waals surface area contributed by atoms with E-state index < -0.39 is 0 Å². The molecule has 4 nitrogen and oxygen atoms in total. The topological polar surface area (TPSA) is 38.7 Å². The van der Waals surface area contributed by atoms with Gasteiger partial charge >= 0.3 is 0 Å². The van der Waals surface area contributed by atoms with Crippen LogP contribution in [-0.4, -0.2) is 68.0 Å². The lowest BCUT2D eigenvalue weighted by Gasteiger charge is -2.35. The van der Waals surface area contributed by atoms with Crippen molar-refractivity contribution in [1.29, 1.82) is 0 Å². The maximum atomic E-state index is 9.02. The predicted octanol–water partition coefficient (Wildman–Crippen LogP) is -0.838. The van der Waals surface area contributed by atoms with Crippen molar-refractivity contribution >= 4 is 0 Å². The highest BCUT2D eigenvalue weighted by molar-refractivity contribution is 4.77. The highest BCUT2D eigenvalue weighted by Crippen LogP contribution is 2.04. The van der Waals surface area contributed by atoms with E-state index in [0.29, 0.717) is 0 Å². The van der Waals surface area contributed by atoms with Crippen LogP contribution >= 0.6 is 0 Å².